The van der Waals surface area contributed by atoms with Crippen LogP contribution in [0.2, 0.25) is 18.6 Å². The Kier molecular flexibility index (Phi) is 8.36. The van der Waals surface area contributed by atoms with Crippen LogP contribution in [0.4, 0.5) is 21.2 Å². The molecule has 3 amide bonds. The standard InChI is InChI=1S/C39H46FN5O5Si/c1-25-35(51(2,3)40)33(21-34(47)43-22-27-10-8-7-9-26(27)19-30(43)23-46)50-39(25)31-20-29(13-14-32(31)42-36(39)48)44-24-45(28-11-5-4-6-12-28)38(37(44)49)15-17-41-18-16-38/h4-14,20,25,30,33,35,41,46H,15-19,21-24H2,1-3H3,(H,42,48)/t25-,30+,33+,35-,39+/m1/s1. The van der Waals surface area contributed by atoms with Crippen LogP contribution in [-0.4, -0.2) is 80.2 Å². The number of anilines is 3. The SMILES string of the molecule is C[C@@H]1[C@@H]([Si](C)(C)F)[C@H](CC(=O)N2Cc3ccccc3C[C@H]2CO)O[C@@]12C(=O)Nc1ccc(N3CN(c4ccccc4)C4(CCNCC4)C3=O)cc12. The number of fused-ring (bicyclic) bond motifs is 3. The van der Waals surface area contributed by atoms with Crippen LogP contribution < -0.4 is 20.4 Å². The number of halogens is 1. The van der Waals surface area contributed by atoms with Gasteiger partial charge in [-0.1, -0.05) is 49.4 Å². The molecule has 3 aromatic rings. The molecule has 5 aliphatic heterocycles. The Hall–Kier alpha value is -4.10. The number of nitrogens with one attached hydrogen (secondary N) is 2. The van der Waals surface area contributed by atoms with Crippen LogP contribution in [-0.2, 0) is 37.7 Å². The zero-order valence-electron chi connectivity index (χ0n) is 29.4. The lowest BCUT2D eigenvalue weighted by molar-refractivity contribution is -0.149. The molecule has 3 saturated heterocycles. The Balaban J connectivity index is 1.13. The molecule has 2 spiro atoms. The van der Waals surface area contributed by atoms with Crippen LogP contribution in [0.1, 0.15) is 42.9 Å². The van der Waals surface area contributed by atoms with Gasteiger partial charge in [0.1, 0.15) is 5.54 Å². The second kappa shape index (κ2) is 12.5. The van der Waals surface area contributed by atoms with Gasteiger partial charge in [-0.05, 0) is 86.9 Å². The summed E-state index contributed by atoms with van der Waals surface area (Å²) in [6.07, 6.45) is 0.908. The third kappa shape index (κ3) is 5.32. The van der Waals surface area contributed by atoms with E-state index in [9.17, 15) is 19.5 Å². The van der Waals surface area contributed by atoms with Gasteiger partial charge in [0.05, 0.1) is 31.8 Å². The van der Waals surface area contributed by atoms with Crippen LogP contribution in [0, 0.1) is 5.92 Å². The Morgan fingerprint density at radius 1 is 1.00 bits per heavy atom. The Morgan fingerprint density at radius 3 is 2.41 bits per heavy atom. The third-order valence-electron chi connectivity index (χ3n) is 12.2. The van der Waals surface area contributed by atoms with Gasteiger partial charge in [-0.25, -0.2) is 0 Å². The molecule has 0 aliphatic carbocycles. The van der Waals surface area contributed by atoms with Crippen molar-refractivity contribution in [2.75, 3.05) is 41.5 Å². The fourth-order valence-corrected chi connectivity index (χ4v) is 12.2. The van der Waals surface area contributed by atoms with Gasteiger partial charge in [-0.3, -0.25) is 19.3 Å². The molecule has 268 valence electrons. The van der Waals surface area contributed by atoms with Crippen LogP contribution in [0.3, 0.4) is 0 Å². The molecule has 3 N–H and O–H groups in total. The number of carbonyl (C=O) groups excluding carboxylic acids is 3. The van der Waals surface area contributed by atoms with E-state index in [0.717, 1.165) is 29.9 Å². The number of ether oxygens (including phenoxy) is 1. The fraction of sp³-hybridized carbons (Fsp3) is 0.462. The topological polar surface area (TPSA) is 114 Å². The normalized spacial score (nSPS) is 28.4. The summed E-state index contributed by atoms with van der Waals surface area (Å²) in [5, 5.41) is 16.7. The van der Waals surface area contributed by atoms with Crippen molar-refractivity contribution in [3.8, 4) is 0 Å². The quantitative estimate of drug-likeness (QED) is 0.252. The van der Waals surface area contributed by atoms with Gasteiger partial charge >= 0.3 is 0 Å². The monoisotopic (exact) mass is 711 g/mol. The summed E-state index contributed by atoms with van der Waals surface area (Å²) >= 11 is 0. The molecule has 3 fully saturated rings. The predicted molar refractivity (Wildman–Crippen MR) is 195 cm³/mol. The van der Waals surface area contributed by atoms with Crippen molar-refractivity contribution in [3.63, 3.8) is 0 Å². The summed E-state index contributed by atoms with van der Waals surface area (Å²) in [7, 11) is -3.52. The van der Waals surface area contributed by atoms with Gasteiger partial charge in [0.15, 0.2) is 5.60 Å². The van der Waals surface area contributed by atoms with Crippen molar-refractivity contribution in [1.29, 1.82) is 0 Å². The summed E-state index contributed by atoms with van der Waals surface area (Å²) in [6.45, 7) is 7.06. The van der Waals surface area contributed by atoms with E-state index in [1.165, 1.54) is 0 Å². The van der Waals surface area contributed by atoms with Gasteiger partial charge in [0, 0.05) is 40.6 Å². The highest BCUT2D eigenvalue weighted by atomic mass is 28.4. The largest absolute Gasteiger partial charge is 0.394 e. The molecular weight excluding hydrogens is 666 g/mol. The summed E-state index contributed by atoms with van der Waals surface area (Å²) in [4.78, 5) is 48.3. The highest BCUT2D eigenvalue weighted by Crippen LogP contribution is 2.59. The molecule has 0 bridgehead atoms. The van der Waals surface area contributed by atoms with Crippen molar-refractivity contribution in [3.05, 3.63) is 89.5 Å². The molecule has 0 saturated carbocycles. The number of benzene rings is 3. The summed E-state index contributed by atoms with van der Waals surface area (Å²) < 4.78 is 23.2. The zero-order valence-corrected chi connectivity index (χ0v) is 30.4. The number of aliphatic hydroxyl groups excluding tert-OH is 1. The maximum atomic E-state index is 16.4. The zero-order chi connectivity index (χ0) is 35.7. The van der Waals surface area contributed by atoms with Gasteiger partial charge < -0.3 is 34.4 Å². The molecular formula is C39H46FN5O5Si. The van der Waals surface area contributed by atoms with Gasteiger partial charge in [-0.2, -0.15) is 0 Å². The fourth-order valence-electron chi connectivity index (χ4n) is 9.72. The smallest absolute Gasteiger partial charge is 0.261 e. The summed E-state index contributed by atoms with van der Waals surface area (Å²) in [6, 6.07) is 23.0. The number of hydrogen-bond donors (Lipinski definition) is 3. The number of piperidine rings is 1. The number of para-hydroxylation sites is 1. The maximum absolute atomic E-state index is 16.4. The second-order valence-electron chi connectivity index (χ2n) is 15.4. The van der Waals surface area contributed by atoms with Crippen molar-refractivity contribution in [2.45, 2.75) is 81.1 Å². The average Bonchev–Trinajstić information content (AvgIpc) is 3.70. The number of nitrogens with zero attached hydrogens (tertiary/aromatic N) is 3. The van der Waals surface area contributed by atoms with Crippen LogP contribution >= 0.6 is 0 Å². The Labute approximate surface area is 299 Å². The number of aliphatic hydroxyl groups is 1. The van der Waals surface area contributed by atoms with E-state index < -0.39 is 43.2 Å². The lowest BCUT2D eigenvalue weighted by Gasteiger charge is -2.39. The van der Waals surface area contributed by atoms with Gasteiger partial charge in [0.2, 0.25) is 14.3 Å². The van der Waals surface area contributed by atoms with Crippen LogP contribution in [0.5, 0.6) is 0 Å². The minimum Gasteiger partial charge on any atom is -0.394 e. The molecule has 10 nitrogen and oxygen atoms in total. The number of carbonyl (C=O) groups is 3. The molecule has 0 unspecified atom stereocenters. The number of hydrogen-bond acceptors (Lipinski definition) is 7. The maximum Gasteiger partial charge on any atom is 0.261 e. The molecule has 0 aromatic heterocycles. The molecule has 5 heterocycles. The first-order valence-electron chi connectivity index (χ1n) is 18.1. The first-order valence-corrected chi connectivity index (χ1v) is 21.1. The lowest BCUT2D eigenvalue weighted by Crippen LogP contribution is -2.55. The first-order chi connectivity index (χ1) is 24.5. The Morgan fingerprint density at radius 2 is 1.71 bits per heavy atom. The molecule has 5 atom stereocenters. The third-order valence-corrected chi connectivity index (χ3v) is 14.7. The van der Waals surface area contributed by atoms with Crippen molar-refractivity contribution >= 4 is 43.2 Å². The van der Waals surface area contributed by atoms with Gasteiger partial charge in [-0.15, -0.1) is 0 Å². The molecule has 3 aromatic carbocycles. The molecule has 8 rings (SSSR count). The van der Waals surface area contributed by atoms with Crippen LogP contribution in [0.15, 0.2) is 72.8 Å². The molecule has 51 heavy (non-hydrogen) atoms. The van der Waals surface area contributed by atoms with E-state index in [2.05, 4.69) is 15.5 Å². The van der Waals surface area contributed by atoms with E-state index >= 15 is 4.11 Å². The van der Waals surface area contributed by atoms with E-state index in [0.29, 0.717) is 49.4 Å². The minimum absolute atomic E-state index is 0.0136. The minimum atomic E-state index is -3.52. The average molecular weight is 712 g/mol. The van der Waals surface area contributed by atoms with E-state index in [4.69, 9.17) is 4.74 Å². The lowest BCUT2D eigenvalue weighted by atomic mass is 9.82. The Bertz CT molecular complexity index is 1870. The van der Waals surface area contributed by atoms with Crippen molar-refractivity contribution in [2.24, 2.45) is 5.92 Å². The summed E-state index contributed by atoms with van der Waals surface area (Å²) in [5.74, 6) is -1.18. The van der Waals surface area contributed by atoms with Crippen molar-refractivity contribution in [1.82, 2.24) is 10.2 Å². The van der Waals surface area contributed by atoms with E-state index in [1.54, 1.807) is 22.9 Å². The number of rotatable bonds is 6. The molecule has 12 heteroatoms. The van der Waals surface area contributed by atoms with E-state index in [1.807, 2.05) is 79.7 Å². The summed E-state index contributed by atoms with van der Waals surface area (Å²) in [5.41, 5.74) is 1.99. The second-order valence-corrected chi connectivity index (χ2v) is 19.2. The van der Waals surface area contributed by atoms with E-state index in [-0.39, 0.29) is 30.7 Å². The highest BCUT2D eigenvalue weighted by Gasteiger charge is 2.66. The highest BCUT2D eigenvalue weighted by molar-refractivity contribution is 6.72. The van der Waals surface area contributed by atoms with Crippen LogP contribution in [0.25, 0.3) is 0 Å². The molecule has 5 aliphatic rings. The molecule has 0 radical (unpaired) electrons. The number of amides is 3. The van der Waals surface area contributed by atoms with Crippen molar-refractivity contribution < 1.29 is 28.3 Å². The predicted octanol–water partition coefficient (Wildman–Crippen LogP) is 4.68. The van der Waals surface area contributed by atoms with Gasteiger partial charge in [0.25, 0.3) is 11.8 Å². The first kappa shape index (κ1) is 34.0.